The van der Waals surface area contributed by atoms with E-state index in [0.717, 1.165) is 50.6 Å². The molecule has 0 bridgehead atoms. The van der Waals surface area contributed by atoms with E-state index in [9.17, 15) is 4.79 Å². The van der Waals surface area contributed by atoms with Crippen molar-refractivity contribution in [3.63, 3.8) is 0 Å². The highest BCUT2D eigenvalue weighted by molar-refractivity contribution is 5.67. The quantitative estimate of drug-likeness (QED) is 0.360. The summed E-state index contributed by atoms with van der Waals surface area (Å²) in [6.07, 6.45) is 6.27. The zero-order valence-corrected chi connectivity index (χ0v) is 27.3. The molecule has 2 aliphatic rings. The topological polar surface area (TPSA) is 89.3 Å². The van der Waals surface area contributed by atoms with Crippen molar-refractivity contribution >= 4 is 6.09 Å². The molecule has 0 spiro atoms. The number of hydrogen-bond donors (Lipinski definition) is 2. The molecule has 3 N–H and O–H groups in total. The molecule has 2 aromatic rings. The number of benzene rings is 2. The Bertz CT molecular complexity index is 1040. The molecule has 0 aliphatic carbocycles. The van der Waals surface area contributed by atoms with Gasteiger partial charge in [-0.15, -0.1) is 0 Å². The largest absolute Gasteiger partial charge is 0.493 e. The van der Waals surface area contributed by atoms with E-state index in [4.69, 9.17) is 19.9 Å². The van der Waals surface area contributed by atoms with Crippen molar-refractivity contribution in [2.75, 3.05) is 66.6 Å². The van der Waals surface area contributed by atoms with Gasteiger partial charge in [-0.05, 0) is 153 Å². The Kier molecular flexibility index (Phi) is 14.6. The van der Waals surface area contributed by atoms with E-state index in [-0.39, 0.29) is 6.09 Å². The number of likely N-dealkylation sites (tertiary alicyclic amines) is 2. The summed E-state index contributed by atoms with van der Waals surface area (Å²) in [4.78, 5) is 16.4. The van der Waals surface area contributed by atoms with Gasteiger partial charge in [0.25, 0.3) is 0 Å². The predicted octanol–water partition coefficient (Wildman–Crippen LogP) is 5.38. The SMILES string of the molecule is CN1CCC(COc2ccc(CCN)cc2)CC1.CN1CCC(COc2ccc(CCNC(=O)OC(C)(C)C)cc2)CC1. The van der Waals surface area contributed by atoms with Crippen LogP contribution in [-0.2, 0) is 17.6 Å². The van der Waals surface area contributed by atoms with Crippen LogP contribution in [0.5, 0.6) is 11.5 Å². The number of piperidine rings is 2. The third kappa shape index (κ3) is 14.5. The van der Waals surface area contributed by atoms with Crippen LogP contribution in [0, 0.1) is 11.8 Å². The van der Waals surface area contributed by atoms with Crippen LogP contribution < -0.4 is 20.5 Å². The molecule has 0 unspecified atom stereocenters. The minimum Gasteiger partial charge on any atom is -0.493 e. The number of amides is 1. The molecule has 2 aromatic carbocycles. The Morgan fingerprint density at radius 2 is 1.19 bits per heavy atom. The van der Waals surface area contributed by atoms with Gasteiger partial charge >= 0.3 is 6.09 Å². The van der Waals surface area contributed by atoms with E-state index in [2.05, 4.69) is 65.6 Å². The van der Waals surface area contributed by atoms with E-state index < -0.39 is 5.60 Å². The van der Waals surface area contributed by atoms with Crippen LogP contribution in [0.1, 0.15) is 57.6 Å². The van der Waals surface area contributed by atoms with Crippen LogP contribution in [0.3, 0.4) is 0 Å². The van der Waals surface area contributed by atoms with Gasteiger partial charge in [-0.2, -0.15) is 0 Å². The summed E-state index contributed by atoms with van der Waals surface area (Å²) < 4.78 is 17.0. The van der Waals surface area contributed by atoms with Gasteiger partial charge in [0.2, 0.25) is 0 Å². The van der Waals surface area contributed by atoms with Crippen LogP contribution in [0.25, 0.3) is 0 Å². The lowest BCUT2D eigenvalue weighted by Gasteiger charge is -2.28. The summed E-state index contributed by atoms with van der Waals surface area (Å²) in [5, 5.41) is 2.78. The average molecular weight is 597 g/mol. The first-order valence-corrected chi connectivity index (χ1v) is 16.1. The number of nitrogens with zero attached hydrogens (tertiary/aromatic N) is 2. The molecular weight excluding hydrogens is 540 g/mol. The first-order valence-electron chi connectivity index (χ1n) is 16.1. The number of nitrogens with one attached hydrogen (secondary N) is 1. The van der Waals surface area contributed by atoms with Crippen molar-refractivity contribution < 1.29 is 19.0 Å². The zero-order valence-electron chi connectivity index (χ0n) is 27.3. The predicted molar refractivity (Wildman–Crippen MR) is 175 cm³/mol. The number of ether oxygens (including phenoxy) is 3. The molecule has 240 valence electrons. The van der Waals surface area contributed by atoms with Crippen LogP contribution in [0.4, 0.5) is 4.79 Å². The van der Waals surface area contributed by atoms with Crippen molar-refractivity contribution in [2.24, 2.45) is 17.6 Å². The fourth-order valence-corrected chi connectivity index (χ4v) is 5.18. The number of hydrogen-bond acceptors (Lipinski definition) is 7. The monoisotopic (exact) mass is 596 g/mol. The summed E-state index contributed by atoms with van der Waals surface area (Å²) in [6.45, 7) is 13.2. The average Bonchev–Trinajstić information content (AvgIpc) is 2.98. The molecule has 2 heterocycles. The van der Waals surface area contributed by atoms with E-state index >= 15 is 0 Å². The Morgan fingerprint density at radius 1 is 0.767 bits per heavy atom. The van der Waals surface area contributed by atoms with E-state index in [1.54, 1.807) is 0 Å². The fraction of sp³-hybridized carbons (Fsp3) is 0.629. The number of rotatable bonds is 11. The molecular formula is C35H56N4O4. The molecule has 1 amide bonds. The smallest absolute Gasteiger partial charge is 0.407 e. The Hall–Kier alpha value is -2.81. The maximum Gasteiger partial charge on any atom is 0.407 e. The minimum absolute atomic E-state index is 0.370. The first-order chi connectivity index (χ1) is 20.6. The highest BCUT2D eigenvalue weighted by Gasteiger charge is 2.18. The van der Waals surface area contributed by atoms with Crippen molar-refractivity contribution in [1.82, 2.24) is 15.1 Å². The van der Waals surface area contributed by atoms with Crippen molar-refractivity contribution in [2.45, 2.75) is 64.9 Å². The molecule has 2 fully saturated rings. The minimum atomic E-state index is -0.461. The Morgan fingerprint density at radius 3 is 1.58 bits per heavy atom. The van der Waals surface area contributed by atoms with Gasteiger partial charge in [-0.1, -0.05) is 24.3 Å². The first kappa shape index (κ1) is 34.7. The summed E-state index contributed by atoms with van der Waals surface area (Å²) in [6, 6.07) is 16.5. The van der Waals surface area contributed by atoms with Gasteiger partial charge in [-0.3, -0.25) is 0 Å². The van der Waals surface area contributed by atoms with Crippen LogP contribution in [0.2, 0.25) is 0 Å². The number of nitrogens with two attached hydrogens (primary N) is 1. The summed E-state index contributed by atoms with van der Waals surface area (Å²) in [5.41, 5.74) is 7.52. The van der Waals surface area contributed by atoms with Crippen molar-refractivity contribution in [3.05, 3.63) is 59.7 Å². The second-order valence-corrected chi connectivity index (χ2v) is 13.1. The third-order valence-electron chi connectivity index (χ3n) is 8.01. The Labute approximate surface area is 260 Å². The van der Waals surface area contributed by atoms with Gasteiger partial charge in [0, 0.05) is 6.54 Å². The molecule has 2 saturated heterocycles. The van der Waals surface area contributed by atoms with E-state index in [0.29, 0.717) is 24.9 Å². The zero-order chi connectivity index (χ0) is 31.1. The molecule has 0 radical (unpaired) electrons. The van der Waals surface area contributed by atoms with Crippen LogP contribution in [-0.4, -0.2) is 88.1 Å². The van der Waals surface area contributed by atoms with Gasteiger partial charge < -0.3 is 35.1 Å². The third-order valence-corrected chi connectivity index (χ3v) is 8.01. The van der Waals surface area contributed by atoms with E-state index in [1.165, 1.54) is 49.9 Å². The number of carbonyl (C=O) groups excluding carboxylic acids is 1. The molecule has 8 nitrogen and oxygen atoms in total. The molecule has 2 aliphatic heterocycles. The molecule has 0 atom stereocenters. The molecule has 8 heteroatoms. The highest BCUT2D eigenvalue weighted by atomic mass is 16.6. The summed E-state index contributed by atoms with van der Waals surface area (Å²) >= 11 is 0. The standard InChI is InChI=1S/C20H32N2O3.C15H24N2O/c1-20(2,3)25-19(23)21-12-9-16-5-7-18(8-6-16)24-15-17-10-13-22(4)14-11-17;1-17-10-7-14(8-11-17)12-18-15-4-2-13(3-5-15)6-9-16/h5-8,17H,9-15H2,1-4H3,(H,21,23);2-5,14H,6-12,16H2,1H3. The van der Waals surface area contributed by atoms with Crippen molar-refractivity contribution in [3.8, 4) is 11.5 Å². The lowest BCUT2D eigenvalue weighted by molar-refractivity contribution is 0.0528. The normalized spacial score (nSPS) is 17.1. The lowest BCUT2D eigenvalue weighted by Crippen LogP contribution is -2.33. The fourth-order valence-electron chi connectivity index (χ4n) is 5.18. The van der Waals surface area contributed by atoms with Gasteiger partial charge in [0.15, 0.2) is 0 Å². The Balaban J connectivity index is 0.000000248. The van der Waals surface area contributed by atoms with Crippen LogP contribution in [0.15, 0.2) is 48.5 Å². The second-order valence-electron chi connectivity index (χ2n) is 13.1. The molecule has 0 aromatic heterocycles. The van der Waals surface area contributed by atoms with E-state index in [1.807, 2.05) is 32.9 Å². The lowest BCUT2D eigenvalue weighted by atomic mass is 9.98. The summed E-state index contributed by atoms with van der Waals surface area (Å²) in [7, 11) is 4.36. The van der Waals surface area contributed by atoms with Gasteiger partial charge in [0.1, 0.15) is 17.1 Å². The molecule has 4 rings (SSSR count). The molecule has 43 heavy (non-hydrogen) atoms. The van der Waals surface area contributed by atoms with Crippen molar-refractivity contribution in [1.29, 1.82) is 0 Å². The number of alkyl carbamates (subject to hydrolysis) is 1. The summed E-state index contributed by atoms with van der Waals surface area (Å²) in [5.74, 6) is 3.27. The second kappa shape index (κ2) is 18.1. The maximum absolute atomic E-state index is 11.6. The van der Waals surface area contributed by atoms with Gasteiger partial charge in [-0.25, -0.2) is 4.79 Å². The number of carbonyl (C=O) groups is 1. The molecule has 0 saturated carbocycles. The maximum atomic E-state index is 11.6. The highest BCUT2D eigenvalue weighted by Crippen LogP contribution is 2.20. The van der Waals surface area contributed by atoms with Gasteiger partial charge in [0.05, 0.1) is 13.2 Å². The van der Waals surface area contributed by atoms with Crippen LogP contribution >= 0.6 is 0 Å².